The highest BCUT2D eigenvalue weighted by atomic mass is 19.1. The van der Waals surface area contributed by atoms with E-state index in [1.807, 2.05) is 29.2 Å². The molecule has 1 saturated heterocycles. The van der Waals surface area contributed by atoms with E-state index < -0.39 is 17.8 Å². The van der Waals surface area contributed by atoms with Crippen molar-refractivity contribution in [2.45, 2.75) is 51.0 Å². The number of aryl methyl sites for hydroxylation is 1. The van der Waals surface area contributed by atoms with E-state index in [0.29, 0.717) is 42.1 Å². The van der Waals surface area contributed by atoms with E-state index in [-0.39, 0.29) is 36.4 Å². The van der Waals surface area contributed by atoms with Gasteiger partial charge >= 0.3 is 0 Å². The second kappa shape index (κ2) is 13.9. The van der Waals surface area contributed by atoms with Gasteiger partial charge in [-0.05, 0) is 72.2 Å². The molecule has 1 atom stereocenters. The van der Waals surface area contributed by atoms with Crippen molar-refractivity contribution in [1.29, 1.82) is 0 Å². The highest BCUT2D eigenvalue weighted by Gasteiger charge is 2.24. The zero-order chi connectivity index (χ0) is 29.4. The molecular weight excluding hydrogens is 528 g/mol. The summed E-state index contributed by atoms with van der Waals surface area (Å²) < 4.78 is 32.8. The normalized spacial score (nSPS) is 14.3. The molecule has 3 aromatic carbocycles. The van der Waals surface area contributed by atoms with Crippen molar-refractivity contribution in [3.8, 4) is 5.75 Å². The van der Waals surface area contributed by atoms with E-state index in [2.05, 4.69) is 10.6 Å². The molecule has 0 aromatic heterocycles. The number of methoxy groups -OCH3 is 1. The van der Waals surface area contributed by atoms with Gasteiger partial charge in [0, 0.05) is 44.6 Å². The summed E-state index contributed by atoms with van der Waals surface area (Å²) in [5.74, 6) is -0.767. The number of nitrogens with one attached hydrogen (secondary N) is 2. The molecule has 0 bridgehead atoms. The Labute approximate surface area is 238 Å². The Bertz CT molecular complexity index is 1370. The summed E-state index contributed by atoms with van der Waals surface area (Å²) in [5.41, 5.74) is 2.81. The van der Waals surface area contributed by atoms with Gasteiger partial charge in [0.25, 0.3) is 0 Å². The first-order valence-electron chi connectivity index (χ1n) is 13.7. The van der Waals surface area contributed by atoms with Gasteiger partial charge in [-0.1, -0.05) is 30.3 Å². The number of hydrogen-bond donors (Lipinski definition) is 2. The molecule has 0 aliphatic carbocycles. The minimum Gasteiger partial charge on any atom is -0.497 e. The molecule has 41 heavy (non-hydrogen) atoms. The molecule has 1 heterocycles. The summed E-state index contributed by atoms with van der Waals surface area (Å²) in [5, 5.41) is 5.48. The third-order valence-electron chi connectivity index (χ3n) is 7.39. The van der Waals surface area contributed by atoms with Gasteiger partial charge in [-0.3, -0.25) is 14.4 Å². The minimum atomic E-state index is -0.850. The highest BCUT2D eigenvalue weighted by molar-refractivity contribution is 5.97. The van der Waals surface area contributed by atoms with E-state index in [1.165, 1.54) is 32.2 Å². The van der Waals surface area contributed by atoms with Crippen molar-refractivity contribution >= 4 is 23.4 Å². The first kappa shape index (κ1) is 29.7. The molecule has 0 spiro atoms. The fourth-order valence-corrected chi connectivity index (χ4v) is 5.14. The lowest BCUT2D eigenvalue weighted by atomic mass is 9.89. The molecule has 216 valence electrons. The van der Waals surface area contributed by atoms with Gasteiger partial charge in [-0.25, -0.2) is 8.78 Å². The van der Waals surface area contributed by atoms with Crippen LogP contribution in [0.1, 0.15) is 48.8 Å². The predicted octanol–water partition coefficient (Wildman–Crippen LogP) is 5.00. The third kappa shape index (κ3) is 8.36. The Kier molecular flexibility index (Phi) is 10.1. The van der Waals surface area contributed by atoms with Gasteiger partial charge in [0.05, 0.1) is 7.11 Å². The highest BCUT2D eigenvalue weighted by Crippen LogP contribution is 2.29. The molecule has 3 amide bonds. The van der Waals surface area contributed by atoms with E-state index in [9.17, 15) is 23.2 Å². The lowest BCUT2D eigenvalue weighted by Crippen LogP contribution is -2.44. The van der Waals surface area contributed by atoms with Crippen LogP contribution in [0, 0.1) is 11.6 Å². The van der Waals surface area contributed by atoms with Crippen molar-refractivity contribution in [2.24, 2.45) is 0 Å². The van der Waals surface area contributed by atoms with Crippen LogP contribution in [-0.2, 0) is 27.2 Å². The van der Waals surface area contributed by atoms with Crippen LogP contribution in [0.4, 0.5) is 14.5 Å². The number of rotatable bonds is 10. The van der Waals surface area contributed by atoms with Gasteiger partial charge in [-0.15, -0.1) is 0 Å². The number of carbonyl (C=O) groups excluding carboxylic acids is 3. The zero-order valence-electron chi connectivity index (χ0n) is 23.3. The van der Waals surface area contributed by atoms with Crippen LogP contribution in [-0.4, -0.2) is 48.9 Å². The van der Waals surface area contributed by atoms with Gasteiger partial charge < -0.3 is 20.3 Å². The number of benzene rings is 3. The Hall–Kier alpha value is -4.27. The topological polar surface area (TPSA) is 87.7 Å². The van der Waals surface area contributed by atoms with Crippen LogP contribution in [0.5, 0.6) is 5.75 Å². The van der Waals surface area contributed by atoms with Gasteiger partial charge in [0.1, 0.15) is 23.4 Å². The number of nitrogens with zero attached hydrogens (tertiary/aromatic N) is 1. The quantitative estimate of drug-likeness (QED) is 0.364. The maximum Gasteiger partial charge on any atom is 0.247 e. The maximum absolute atomic E-state index is 14.2. The number of amides is 3. The molecule has 7 nitrogen and oxygen atoms in total. The van der Waals surface area contributed by atoms with Gasteiger partial charge in [0.2, 0.25) is 17.7 Å². The molecule has 0 saturated carbocycles. The second-order valence-electron chi connectivity index (χ2n) is 10.3. The van der Waals surface area contributed by atoms with Gasteiger partial charge in [0.15, 0.2) is 0 Å². The van der Waals surface area contributed by atoms with Crippen LogP contribution in [0.3, 0.4) is 0 Å². The number of hydrogen-bond acceptors (Lipinski definition) is 4. The minimum absolute atomic E-state index is 0.0173. The number of anilines is 1. The molecule has 0 radical (unpaired) electrons. The van der Waals surface area contributed by atoms with Crippen LogP contribution in [0.25, 0.3) is 0 Å². The smallest absolute Gasteiger partial charge is 0.247 e. The summed E-state index contributed by atoms with van der Waals surface area (Å²) in [7, 11) is 1.48. The number of carbonyl (C=O) groups is 3. The Morgan fingerprint density at radius 2 is 1.73 bits per heavy atom. The van der Waals surface area contributed by atoms with Crippen LogP contribution < -0.4 is 15.4 Å². The van der Waals surface area contributed by atoms with Gasteiger partial charge in [-0.2, -0.15) is 0 Å². The summed E-state index contributed by atoms with van der Waals surface area (Å²) in [6.45, 7) is 2.59. The summed E-state index contributed by atoms with van der Waals surface area (Å²) in [6, 6.07) is 17.3. The Morgan fingerprint density at radius 3 is 2.37 bits per heavy atom. The number of likely N-dealkylation sites (tertiary alicyclic amines) is 1. The molecule has 3 aromatic rings. The fraction of sp³-hybridized carbons (Fsp3) is 0.344. The number of piperidine rings is 1. The second-order valence-corrected chi connectivity index (χ2v) is 10.3. The largest absolute Gasteiger partial charge is 0.497 e. The third-order valence-corrected chi connectivity index (χ3v) is 7.39. The van der Waals surface area contributed by atoms with Crippen LogP contribution in [0.15, 0.2) is 66.7 Å². The first-order valence-corrected chi connectivity index (χ1v) is 13.7. The SMILES string of the molecule is COc1ccc(CCC(=O)N2CCC(c3ccc(NC(=O)C(Cc4cccc(F)c4)NC(C)=O)cc3)CC2)c(F)c1. The molecule has 1 fully saturated rings. The molecule has 1 unspecified atom stereocenters. The first-order chi connectivity index (χ1) is 19.7. The molecule has 1 aliphatic rings. The Balaban J connectivity index is 1.27. The van der Waals surface area contributed by atoms with Crippen molar-refractivity contribution in [3.05, 3.63) is 95.1 Å². The monoisotopic (exact) mass is 563 g/mol. The van der Waals surface area contributed by atoms with Crippen LogP contribution >= 0.6 is 0 Å². The standard InChI is InChI=1S/C32H35F2N3O4/c1-21(38)35-30(19-22-4-3-5-26(33)18-22)32(40)36-27-10-6-23(7-11-27)24-14-16-37(17-15-24)31(39)13-9-25-8-12-28(41-2)20-29(25)34/h3-8,10-12,18,20,24,30H,9,13-17,19H2,1-2H3,(H,35,38)(H,36,40). The van der Waals surface area contributed by atoms with E-state index >= 15 is 0 Å². The average Bonchev–Trinajstić information content (AvgIpc) is 2.96. The van der Waals surface area contributed by atoms with Crippen molar-refractivity contribution in [2.75, 3.05) is 25.5 Å². The van der Waals surface area contributed by atoms with Crippen molar-refractivity contribution < 1.29 is 27.9 Å². The van der Waals surface area contributed by atoms with E-state index in [0.717, 1.165) is 18.4 Å². The summed E-state index contributed by atoms with van der Waals surface area (Å²) in [4.78, 5) is 39.2. The van der Waals surface area contributed by atoms with E-state index in [4.69, 9.17) is 4.74 Å². The van der Waals surface area contributed by atoms with Crippen molar-refractivity contribution in [3.63, 3.8) is 0 Å². The molecule has 4 rings (SSSR count). The number of ether oxygens (including phenoxy) is 1. The molecule has 9 heteroatoms. The number of halogens is 2. The molecular formula is C32H35F2N3O4. The zero-order valence-corrected chi connectivity index (χ0v) is 23.3. The van der Waals surface area contributed by atoms with Crippen LogP contribution in [0.2, 0.25) is 0 Å². The lowest BCUT2D eigenvalue weighted by molar-refractivity contribution is -0.132. The summed E-state index contributed by atoms with van der Waals surface area (Å²) in [6.07, 6.45) is 2.38. The molecule has 1 aliphatic heterocycles. The predicted molar refractivity (Wildman–Crippen MR) is 153 cm³/mol. The van der Waals surface area contributed by atoms with E-state index in [1.54, 1.807) is 24.3 Å². The molecule has 2 N–H and O–H groups in total. The Morgan fingerprint density at radius 1 is 1.00 bits per heavy atom. The maximum atomic E-state index is 14.2. The summed E-state index contributed by atoms with van der Waals surface area (Å²) >= 11 is 0. The lowest BCUT2D eigenvalue weighted by Gasteiger charge is -2.32. The average molecular weight is 564 g/mol. The fourth-order valence-electron chi connectivity index (χ4n) is 5.14. The van der Waals surface area contributed by atoms with Crippen molar-refractivity contribution in [1.82, 2.24) is 10.2 Å².